The normalized spacial score (nSPS) is 46.9. The molecule has 0 aromatic heterocycles. The van der Waals surface area contributed by atoms with Crippen molar-refractivity contribution in [2.75, 3.05) is 13.2 Å². The molecular weight excluding hydrogens is 204 g/mol. The van der Waals surface area contributed by atoms with Gasteiger partial charge in [0.25, 0.3) is 0 Å². The van der Waals surface area contributed by atoms with Crippen LogP contribution in [0.4, 0.5) is 0 Å². The van der Waals surface area contributed by atoms with Gasteiger partial charge in [0.2, 0.25) is 0 Å². The van der Waals surface area contributed by atoms with E-state index in [2.05, 4.69) is 12.2 Å². The van der Waals surface area contributed by atoms with E-state index in [-0.39, 0.29) is 17.6 Å². The van der Waals surface area contributed by atoms with Crippen LogP contribution in [0.5, 0.6) is 0 Å². The van der Waals surface area contributed by atoms with Gasteiger partial charge in [-0.15, -0.1) is 0 Å². The van der Waals surface area contributed by atoms with Gasteiger partial charge < -0.3 is 9.47 Å². The zero-order valence-corrected chi connectivity index (χ0v) is 8.96. The first-order valence-electron chi connectivity index (χ1n) is 5.99. The Bertz CT molecular complexity index is 403. The Morgan fingerprint density at radius 3 is 2.75 bits per heavy atom. The van der Waals surface area contributed by atoms with E-state index in [0.717, 1.165) is 6.42 Å². The zero-order valence-electron chi connectivity index (χ0n) is 8.96. The molecule has 0 aromatic rings. The molecule has 0 N–H and O–H groups in total. The van der Waals surface area contributed by atoms with Crippen LogP contribution in [-0.4, -0.2) is 24.8 Å². The summed E-state index contributed by atoms with van der Waals surface area (Å²) in [7, 11) is 0. The topological polar surface area (TPSA) is 35.5 Å². The molecule has 1 saturated heterocycles. The van der Waals surface area contributed by atoms with Gasteiger partial charge in [0.15, 0.2) is 11.6 Å². The molecule has 3 heteroatoms. The number of hydrogen-bond donors (Lipinski definition) is 0. The van der Waals surface area contributed by atoms with E-state index in [0.29, 0.717) is 25.0 Å². The second-order valence-corrected chi connectivity index (χ2v) is 5.15. The van der Waals surface area contributed by atoms with Gasteiger partial charge in [-0.3, -0.25) is 4.79 Å². The number of allylic oxidation sites excluding steroid dienone is 3. The standard InChI is InChI=1S/C13H14O3/c14-10-3-4-13(15-5-6-16-13)12-9-2-1-8(7-9)11(10)12/h1-4,8-9,11-12H,5-7H2/t8-,9+,11+,12+/m0/s1. The molecule has 16 heavy (non-hydrogen) atoms. The largest absolute Gasteiger partial charge is 0.344 e. The van der Waals surface area contributed by atoms with E-state index in [1.54, 1.807) is 6.08 Å². The van der Waals surface area contributed by atoms with Crippen LogP contribution in [-0.2, 0) is 14.3 Å². The van der Waals surface area contributed by atoms with Crippen molar-refractivity contribution in [1.82, 2.24) is 0 Å². The first-order valence-corrected chi connectivity index (χ1v) is 5.99. The minimum atomic E-state index is -0.594. The third kappa shape index (κ3) is 0.937. The van der Waals surface area contributed by atoms with Crippen molar-refractivity contribution in [1.29, 1.82) is 0 Å². The smallest absolute Gasteiger partial charge is 0.192 e. The Balaban J connectivity index is 1.83. The van der Waals surface area contributed by atoms with Gasteiger partial charge in [-0.05, 0) is 30.4 Å². The lowest BCUT2D eigenvalue weighted by atomic mass is 9.72. The maximum absolute atomic E-state index is 12.0. The van der Waals surface area contributed by atoms with Gasteiger partial charge in [-0.2, -0.15) is 0 Å². The number of ketones is 1. The Labute approximate surface area is 94.1 Å². The van der Waals surface area contributed by atoms with E-state index in [1.165, 1.54) is 0 Å². The van der Waals surface area contributed by atoms with E-state index in [1.807, 2.05) is 6.08 Å². The average molecular weight is 218 g/mol. The highest BCUT2D eigenvalue weighted by Crippen LogP contribution is 2.56. The first kappa shape index (κ1) is 9.14. The molecule has 0 amide bonds. The highest BCUT2D eigenvalue weighted by atomic mass is 16.7. The van der Waals surface area contributed by atoms with Crippen molar-refractivity contribution in [3.8, 4) is 0 Å². The SMILES string of the molecule is O=C1C=CC2(OCCO2)[C@H]2[C@@H]1[C@H]1C=C[C@@H]2C1. The second-order valence-electron chi connectivity index (χ2n) is 5.15. The van der Waals surface area contributed by atoms with Crippen molar-refractivity contribution in [2.24, 2.45) is 23.7 Å². The monoisotopic (exact) mass is 218 g/mol. The molecule has 4 rings (SSSR count). The lowest BCUT2D eigenvalue weighted by Gasteiger charge is -2.40. The van der Waals surface area contributed by atoms with Crippen molar-refractivity contribution < 1.29 is 14.3 Å². The molecule has 0 aromatic carbocycles. The predicted molar refractivity (Wildman–Crippen MR) is 56.5 cm³/mol. The summed E-state index contributed by atoms with van der Waals surface area (Å²) in [4.78, 5) is 12.0. The van der Waals surface area contributed by atoms with Crippen molar-refractivity contribution in [3.05, 3.63) is 24.3 Å². The van der Waals surface area contributed by atoms with Crippen molar-refractivity contribution >= 4 is 5.78 Å². The molecule has 4 aliphatic rings. The molecule has 3 aliphatic carbocycles. The van der Waals surface area contributed by atoms with Crippen LogP contribution in [0.25, 0.3) is 0 Å². The highest BCUT2D eigenvalue weighted by molar-refractivity contribution is 5.94. The summed E-state index contributed by atoms with van der Waals surface area (Å²) >= 11 is 0. The van der Waals surface area contributed by atoms with Crippen LogP contribution < -0.4 is 0 Å². The Morgan fingerprint density at radius 2 is 1.94 bits per heavy atom. The summed E-state index contributed by atoms with van der Waals surface area (Å²) in [5.74, 6) is 0.842. The fourth-order valence-corrected chi connectivity index (χ4v) is 3.91. The summed E-state index contributed by atoms with van der Waals surface area (Å²) in [6.07, 6.45) is 9.05. The minimum Gasteiger partial charge on any atom is -0.344 e. The number of fused-ring (bicyclic) bond motifs is 6. The lowest BCUT2D eigenvalue weighted by molar-refractivity contribution is -0.180. The quantitative estimate of drug-likeness (QED) is 0.575. The zero-order chi connectivity index (χ0) is 10.8. The number of rotatable bonds is 0. The van der Waals surface area contributed by atoms with Gasteiger partial charge in [0, 0.05) is 11.8 Å². The number of carbonyl (C=O) groups is 1. The third-order valence-corrected chi connectivity index (χ3v) is 4.47. The van der Waals surface area contributed by atoms with Crippen LogP contribution in [0.3, 0.4) is 0 Å². The number of ether oxygens (including phenoxy) is 2. The maximum atomic E-state index is 12.0. The van der Waals surface area contributed by atoms with Gasteiger partial charge in [0.05, 0.1) is 13.2 Å². The molecule has 1 spiro atoms. The molecule has 3 nitrogen and oxygen atoms in total. The molecule has 1 heterocycles. The Morgan fingerprint density at radius 1 is 1.19 bits per heavy atom. The van der Waals surface area contributed by atoms with E-state index >= 15 is 0 Å². The first-order chi connectivity index (χ1) is 7.80. The summed E-state index contributed by atoms with van der Waals surface area (Å²) in [6, 6.07) is 0. The van der Waals surface area contributed by atoms with Crippen molar-refractivity contribution in [3.63, 3.8) is 0 Å². The molecule has 1 aliphatic heterocycles. The van der Waals surface area contributed by atoms with Crippen LogP contribution in [0.15, 0.2) is 24.3 Å². The summed E-state index contributed by atoms with van der Waals surface area (Å²) in [6.45, 7) is 1.28. The fourth-order valence-electron chi connectivity index (χ4n) is 3.91. The maximum Gasteiger partial charge on any atom is 0.192 e. The second kappa shape index (κ2) is 2.84. The highest BCUT2D eigenvalue weighted by Gasteiger charge is 2.60. The Hall–Kier alpha value is -0.930. The van der Waals surface area contributed by atoms with Gasteiger partial charge in [-0.25, -0.2) is 0 Å². The number of carbonyl (C=O) groups excluding carboxylic acids is 1. The van der Waals surface area contributed by atoms with Gasteiger partial charge in [-0.1, -0.05) is 12.2 Å². The van der Waals surface area contributed by atoms with Crippen LogP contribution in [0.2, 0.25) is 0 Å². The third-order valence-electron chi connectivity index (χ3n) is 4.47. The molecule has 4 atom stereocenters. The molecule has 0 unspecified atom stereocenters. The van der Waals surface area contributed by atoms with Gasteiger partial charge in [0.1, 0.15) is 0 Å². The molecule has 2 bridgehead atoms. The molecule has 2 fully saturated rings. The molecular formula is C13H14O3. The van der Waals surface area contributed by atoms with E-state index in [9.17, 15) is 4.79 Å². The van der Waals surface area contributed by atoms with Gasteiger partial charge >= 0.3 is 0 Å². The minimum absolute atomic E-state index is 0.0955. The molecule has 1 saturated carbocycles. The van der Waals surface area contributed by atoms with Crippen LogP contribution >= 0.6 is 0 Å². The fraction of sp³-hybridized carbons (Fsp3) is 0.615. The van der Waals surface area contributed by atoms with Crippen LogP contribution in [0, 0.1) is 23.7 Å². The lowest BCUT2D eigenvalue weighted by Crippen LogP contribution is -2.48. The van der Waals surface area contributed by atoms with Crippen molar-refractivity contribution in [2.45, 2.75) is 12.2 Å². The van der Waals surface area contributed by atoms with Crippen LogP contribution in [0.1, 0.15) is 6.42 Å². The van der Waals surface area contributed by atoms with E-state index in [4.69, 9.17) is 9.47 Å². The summed E-state index contributed by atoms with van der Waals surface area (Å²) in [5.41, 5.74) is 0. The molecule has 84 valence electrons. The predicted octanol–water partition coefficient (Wildman–Crippen LogP) is 1.31. The summed E-state index contributed by atoms with van der Waals surface area (Å²) in [5, 5.41) is 0. The summed E-state index contributed by atoms with van der Waals surface area (Å²) < 4.78 is 11.6. The van der Waals surface area contributed by atoms with E-state index < -0.39 is 5.79 Å². The Kier molecular flexibility index (Phi) is 1.62. The average Bonchev–Trinajstić information content (AvgIpc) is 2.99. The molecule has 0 radical (unpaired) electrons. The number of hydrogen-bond acceptors (Lipinski definition) is 3.